The molecule has 3 aliphatic heterocycles. The summed E-state index contributed by atoms with van der Waals surface area (Å²) in [6.45, 7) is 14.5. The number of hydrogen-bond acceptors (Lipinski definition) is 11. The van der Waals surface area contributed by atoms with Crippen LogP contribution in [0.5, 0.6) is 0 Å². The highest BCUT2D eigenvalue weighted by Gasteiger charge is 2.56. The Morgan fingerprint density at radius 1 is 0.966 bits per heavy atom. The fraction of sp³-hybridized carbons (Fsp3) is 0.783. The van der Waals surface area contributed by atoms with Crippen LogP contribution in [0.4, 0.5) is 4.39 Å². The molecule has 0 spiro atoms. The van der Waals surface area contributed by atoms with E-state index < -0.39 is 90.0 Å². The Balaban J connectivity index is 1.75. The Labute approximate surface area is 351 Å². The number of allylic oxidation sites excluding steroid dienone is 5. The summed E-state index contributed by atoms with van der Waals surface area (Å²) in [5.74, 6) is -7.14. The van der Waals surface area contributed by atoms with E-state index in [-0.39, 0.29) is 49.8 Å². The predicted octanol–water partition coefficient (Wildman–Crippen LogP) is 6.74. The lowest BCUT2D eigenvalue weighted by atomic mass is 9.81. The van der Waals surface area contributed by atoms with E-state index in [4.69, 9.17) is 23.7 Å². The van der Waals surface area contributed by atoms with Gasteiger partial charge in [0, 0.05) is 39.0 Å². The molecule has 4 aliphatic rings. The van der Waals surface area contributed by atoms with Crippen LogP contribution in [-0.2, 0) is 42.9 Å². The average molecular weight is 834 g/mol. The van der Waals surface area contributed by atoms with E-state index in [1.807, 2.05) is 40.7 Å². The first kappa shape index (κ1) is 48.7. The maximum Gasteiger partial charge on any atom is 0.329 e. The van der Waals surface area contributed by atoms with Gasteiger partial charge in [-0.15, -0.1) is 0 Å². The number of carbonyl (C=O) groups excluding carboxylic acids is 4. The van der Waals surface area contributed by atoms with Crippen LogP contribution in [0, 0.1) is 29.6 Å². The molecule has 4 rings (SSSR count). The van der Waals surface area contributed by atoms with Crippen molar-refractivity contribution in [3.05, 3.63) is 35.1 Å². The molecule has 0 aromatic rings. The fourth-order valence-electron chi connectivity index (χ4n) is 9.48. The molecule has 2 bridgehead atoms. The highest BCUT2D eigenvalue weighted by atomic mass is 19.1. The highest BCUT2D eigenvalue weighted by Crippen LogP contribution is 2.39. The second-order valence-corrected chi connectivity index (χ2v) is 17.8. The number of rotatable bonds is 7. The van der Waals surface area contributed by atoms with Crippen LogP contribution in [0.2, 0.25) is 0 Å². The minimum absolute atomic E-state index is 0.0159. The number of nitrogens with zero attached hydrogens (tertiary/aromatic N) is 1. The molecule has 0 aromatic carbocycles. The number of hydrogen-bond donors (Lipinski definition) is 2. The van der Waals surface area contributed by atoms with Crippen LogP contribution in [0.3, 0.4) is 0 Å². The second-order valence-electron chi connectivity index (χ2n) is 17.8. The molecule has 13 heteroatoms. The van der Waals surface area contributed by atoms with Crippen molar-refractivity contribution >= 4 is 23.4 Å². The van der Waals surface area contributed by atoms with E-state index in [0.29, 0.717) is 50.5 Å². The van der Waals surface area contributed by atoms with Crippen LogP contribution in [0.1, 0.15) is 126 Å². The van der Waals surface area contributed by atoms with Crippen molar-refractivity contribution in [1.29, 1.82) is 0 Å². The number of aliphatic hydroxyl groups excluding tert-OH is 1. The number of esters is 1. The third-order valence-electron chi connectivity index (χ3n) is 13.4. The molecule has 1 saturated carbocycles. The quantitative estimate of drug-likeness (QED) is 0.121. The van der Waals surface area contributed by atoms with Gasteiger partial charge in [-0.1, -0.05) is 39.8 Å². The maximum absolute atomic E-state index is 16.2. The third-order valence-corrected chi connectivity index (χ3v) is 13.4. The number of fused-ring (bicyclic) bond motifs is 3. The molecule has 1 amide bonds. The number of cyclic esters (lactones) is 1. The van der Waals surface area contributed by atoms with Gasteiger partial charge in [-0.2, -0.15) is 0 Å². The zero-order valence-electron chi connectivity index (χ0n) is 37.1. The Morgan fingerprint density at radius 3 is 2.29 bits per heavy atom. The molecule has 3 heterocycles. The van der Waals surface area contributed by atoms with Crippen molar-refractivity contribution in [1.82, 2.24) is 4.90 Å². The van der Waals surface area contributed by atoms with Crippen molar-refractivity contribution in [2.45, 2.75) is 181 Å². The third kappa shape index (κ3) is 11.7. The number of alkyl halides is 1. The van der Waals surface area contributed by atoms with Gasteiger partial charge >= 0.3 is 5.97 Å². The summed E-state index contributed by atoms with van der Waals surface area (Å²) in [4.78, 5) is 57.8. The summed E-state index contributed by atoms with van der Waals surface area (Å²) >= 11 is 0. The minimum Gasteiger partial charge on any atom is -0.493 e. The van der Waals surface area contributed by atoms with Gasteiger partial charge in [-0.05, 0) is 127 Å². The molecule has 14 atom stereocenters. The van der Waals surface area contributed by atoms with Gasteiger partial charge in [-0.25, -0.2) is 9.18 Å². The monoisotopic (exact) mass is 834 g/mol. The molecule has 0 aromatic heterocycles. The first-order chi connectivity index (χ1) is 27.9. The summed E-state index contributed by atoms with van der Waals surface area (Å²) in [7, 11) is 2.92. The predicted molar refractivity (Wildman–Crippen MR) is 220 cm³/mol. The zero-order valence-corrected chi connectivity index (χ0v) is 37.1. The smallest absolute Gasteiger partial charge is 0.329 e. The Bertz CT molecular complexity index is 1560. The van der Waals surface area contributed by atoms with E-state index in [1.54, 1.807) is 26.8 Å². The lowest BCUT2D eigenvalue weighted by Gasteiger charge is -2.47. The van der Waals surface area contributed by atoms with Crippen molar-refractivity contribution in [3.8, 4) is 0 Å². The Kier molecular flexibility index (Phi) is 17.9. The summed E-state index contributed by atoms with van der Waals surface area (Å²) in [5, 5.41) is 22.8. The summed E-state index contributed by atoms with van der Waals surface area (Å²) in [6, 6.07) is -1.10. The van der Waals surface area contributed by atoms with Gasteiger partial charge in [0.2, 0.25) is 5.79 Å². The van der Waals surface area contributed by atoms with Crippen molar-refractivity contribution in [2.24, 2.45) is 29.6 Å². The van der Waals surface area contributed by atoms with Gasteiger partial charge in [0.05, 0.1) is 24.1 Å². The molecule has 12 nitrogen and oxygen atoms in total. The molecule has 59 heavy (non-hydrogen) atoms. The molecular weight excluding hydrogens is 761 g/mol. The van der Waals surface area contributed by atoms with Crippen LogP contribution in [0.15, 0.2) is 35.1 Å². The largest absolute Gasteiger partial charge is 0.493 e. The second kappa shape index (κ2) is 21.7. The van der Waals surface area contributed by atoms with E-state index in [0.717, 1.165) is 11.3 Å². The van der Waals surface area contributed by atoms with E-state index in [2.05, 4.69) is 6.08 Å². The fourth-order valence-corrected chi connectivity index (χ4v) is 9.48. The van der Waals surface area contributed by atoms with Crippen LogP contribution >= 0.6 is 0 Å². The van der Waals surface area contributed by atoms with Gasteiger partial charge in [0.1, 0.15) is 36.3 Å². The molecule has 3 fully saturated rings. The SMILES string of the molecule is CC=C(C)OC1CC(C=C(C)C2OC(=O)C3CCCCN3C(=O)C(=O)C3(O)OC(C(OC)CC(C)C(F)/C(C)=C/C(CC)C(=O)CCC2C)C(OC)CC3C)CCC1O. The van der Waals surface area contributed by atoms with E-state index in [1.165, 1.54) is 19.1 Å². The normalized spacial score (nSPS) is 40.3. The van der Waals surface area contributed by atoms with Crippen LogP contribution < -0.4 is 0 Å². The van der Waals surface area contributed by atoms with Crippen LogP contribution in [-0.4, -0.2) is 114 Å². The highest BCUT2D eigenvalue weighted by molar-refractivity contribution is 6.39. The zero-order chi connectivity index (χ0) is 43.8. The first-order valence-electron chi connectivity index (χ1n) is 21.9. The van der Waals surface area contributed by atoms with Crippen molar-refractivity contribution in [3.63, 3.8) is 0 Å². The van der Waals surface area contributed by atoms with Crippen LogP contribution in [0.25, 0.3) is 0 Å². The van der Waals surface area contributed by atoms with Crippen molar-refractivity contribution in [2.75, 3.05) is 20.8 Å². The summed E-state index contributed by atoms with van der Waals surface area (Å²) in [6.07, 6.45) is 4.39. The lowest BCUT2D eigenvalue weighted by molar-refractivity contribution is -0.302. The number of ether oxygens (including phenoxy) is 5. The molecule has 14 unspecified atom stereocenters. The number of Topliss-reactive ketones (excluding diaryl/α,β-unsaturated/α-hetero) is 2. The molecule has 1 aliphatic carbocycles. The average Bonchev–Trinajstić information content (AvgIpc) is 3.23. The van der Waals surface area contributed by atoms with Gasteiger partial charge in [0.15, 0.2) is 0 Å². The number of ketones is 2. The van der Waals surface area contributed by atoms with Gasteiger partial charge in [0.25, 0.3) is 11.7 Å². The number of piperidine rings is 1. The lowest BCUT2D eigenvalue weighted by Crippen LogP contribution is -2.64. The van der Waals surface area contributed by atoms with Gasteiger partial charge < -0.3 is 38.8 Å². The number of methoxy groups -OCH3 is 2. The maximum atomic E-state index is 16.2. The van der Waals surface area contributed by atoms with Crippen molar-refractivity contribution < 1.29 is 57.5 Å². The molecular formula is C46H72FNO11. The minimum atomic E-state index is -2.57. The molecule has 334 valence electrons. The van der Waals surface area contributed by atoms with E-state index in [9.17, 15) is 29.4 Å². The standard InChI is InChI=1S/C46H72FNO11/c1-11-31(8)57-37-25-32(17-19-36(37)50)21-29(6)41-26(3)16-18-35(49)33(12-2)22-27(4)40(47)28(5)23-38(55-9)42-39(56-10)24-30(7)46(54,59-42)43(51)44(52)48-20-14-13-15-34(48)45(53)58-41/h11,21-22,26,28,30,32-34,36-42,50,54H,12-20,23-25H2,1-10H3/b27-22+,29-21?,31-11?. The number of carbonyl (C=O) groups is 4. The van der Waals surface area contributed by atoms with Gasteiger partial charge in [-0.3, -0.25) is 14.4 Å². The Hall–Kier alpha value is -2.97. The summed E-state index contributed by atoms with van der Waals surface area (Å²) in [5.41, 5.74) is 1.18. The number of halogens is 1. The van der Waals surface area contributed by atoms with E-state index >= 15 is 4.39 Å². The first-order valence-corrected chi connectivity index (χ1v) is 21.9. The summed E-state index contributed by atoms with van der Waals surface area (Å²) < 4.78 is 46.4. The molecule has 0 radical (unpaired) electrons. The number of aliphatic hydroxyl groups is 2. The number of amides is 1. The molecule has 2 N–H and O–H groups in total. The molecule has 2 saturated heterocycles. The topological polar surface area (TPSA) is 158 Å². The Morgan fingerprint density at radius 2 is 1.64 bits per heavy atom.